The van der Waals surface area contributed by atoms with Gasteiger partial charge >= 0.3 is 0 Å². The van der Waals surface area contributed by atoms with Crippen molar-refractivity contribution in [3.05, 3.63) is 33.7 Å². The van der Waals surface area contributed by atoms with Crippen LogP contribution < -0.4 is 0 Å². The van der Waals surface area contributed by atoms with Crippen LogP contribution in [0.15, 0.2) is 12.3 Å². The fourth-order valence-corrected chi connectivity index (χ4v) is 2.21. The summed E-state index contributed by atoms with van der Waals surface area (Å²) in [6.45, 7) is 1.90. The molecule has 17 heavy (non-hydrogen) atoms. The summed E-state index contributed by atoms with van der Waals surface area (Å²) in [5.74, 6) is 0. The third kappa shape index (κ3) is 2.06. The van der Waals surface area contributed by atoms with Gasteiger partial charge in [0.15, 0.2) is 6.29 Å². The summed E-state index contributed by atoms with van der Waals surface area (Å²) in [4.78, 5) is 14.9. The number of aromatic nitrogens is 3. The number of nitrogens with zero attached hydrogens (tertiary/aromatic N) is 3. The first-order chi connectivity index (χ1) is 8.04. The summed E-state index contributed by atoms with van der Waals surface area (Å²) in [5, 5.41) is 4.47. The first-order valence-electron chi connectivity index (χ1n) is 4.84. The van der Waals surface area contributed by atoms with Gasteiger partial charge < -0.3 is 0 Å². The third-order valence-corrected chi connectivity index (χ3v) is 2.96. The van der Waals surface area contributed by atoms with E-state index in [2.05, 4.69) is 10.1 Å². The van der Waals surface area contributed by atoms with Crippen LogP contribution in [-0.2, 0) is 7.05 Å². The van der Waals surface area contributed by atoms with E-state index in [1.807, 2.05) is 6.92 Å². The molecule has 0 radical (unpaired) electrons. The zero-order valence-electron chi connectivity index (χ0n) is 9.24. The highest BCUT2D eigenvalue weighted by Gasteiger charge is 2.16. The highest BCUT2D eigenvalue weighted by atomic mass is 35.5. The lowest BCUT2D eigenvalue weighted by Crippen LogP contribution is -1.99. The molecule has 4 nitrogen and oxygen atoms in total. The molecule has 0 aliphatic rings. The summed E-state index contributed by atoms with van der Waals surface area (Å²) in [6, 6.07) is 1.61. The van der Waals surface area contributed by atoms with Crippen LogP contribution in [0.4, 0.5) is 0 Å². The Labute approximate surface area is 108 Å². The standard InChI is InChI=1S/C11H9Cl2N3O/c1-6-4-14-16(2)10(6)7-3-9(12)15-11(13)8(7)5-17/h3-5H,1-2H3. The average molecular weight is 270 g/mol. The van der Waals surface area contributed by atoms with E-state index in [1.165, 1.54) is 0 Å². The lowest BCUT2D eigenvalue weighted by molar-refractivity contribution is 0.112. The molecule has 2 aromatic heterocycles. The zero-order valence-corrected chi connectivity index (χ0v) is 10.7. The van der Waals surface area contributed by atoms with Gasteiger partial charge in [0.2, 0.25) is 0 Å². The summed E-state index contributed by atoms with van der Waals surface area (Å²) < 4.78 is 1.67. The molecular weight excluding hydrogens is 261 g/mol. The van der Waals surface area contributed by atoms with E-state index in [4.69, 9.17) is 23.2 Å². The fraction of sp³-hybridized carbons (Fsp3) is 0.182. The minimum absolute atomic E-state index is 0.100. The van der Waals surface area contributed by atoms with Gasteiger partial charge in [-0.2, -0.15) is 5.10 Å². The molecule has 0 bridgehead atoms. The van der Waals surface area contributed by atoms with Crippen LogP contribution in [0.3, 0.4) is 0 Å². The van der Waals surface area contributed by atoms with E-state index in [0.29, 0.717) is 17.4 Å². The van der Waals surface area contributed by atoms with Crippen molar-refractivity contribution in [1.82, 2.24) is 14.8 Å². The average Bonchev–Trinajstić information content (AvgIpc) is 2.57. The van der Waals surface area contributed by atoms with Crippen LogP contribution in [0.2, 0.25) is 10.3 Å². The minimum Gasteiger partial charge on any atom is -0.298 e. The van der Waals surface area contributed by atoms with Gasteiger partial charge in [-0.1, -0.05) is 23.2 Å². The number of pyridine rings is 1. The molecule has 2 heterocycles. The summed E-state index contributed by atoms with van der Waals surface area (Å²) in [6.07, 6.45) is 2.39. The van der Waals surface area contributed by atoms with E-state index >= 15 is 0 Å². The molecule has 6 heteroatoms. The van der Waals surface area contributed by atoms with Crippen molar-refractivity contribution in [2.45, 2.75) is 6.92 Å². The summed E-state index contributed by atoms with van der Waals surface area (Å²) in [7, 11) is 1.79. The van der Waals surface area contributed by atoms with Crippen molar-refractivity contribution in [3.63, 3.8) is 0 Å². The second-order valence-electron chi connectivity index (χ2n) is 3.61. The third-order valence-electron chi connectivity index (χ3n) is 2.48. The maximum Gasteiger partial charge on any atom is 0.153 e. The molecule has 0 saturated heterocycles. The molecule has 0 spiro atoms. The highest BCUT2D eigenvalue weighted by Crippen LogP contribution is 2.30. The van der Waals surface area contributed by atoms with E-state index < -0.39 is 0 Å². The first-order valence-corrected chi connectivity index (χ1v) is 5.60. The summed E-state index contributed by atoms with van der Waals surface area (Å²) in [5.41, 5.74) is 2.71. The van der Waals surface area contributed by atoms with Gasteiger partial charge in [0, 0.05) is 12.6 Å². The number of hydrogen-bond donors (Lipinski definition) is 0. The molecule has 0 saturated carbocycles. The fourth-order valence-electron chi connectivity index (χ4n) is 1.74. The maximum atomic E-state index is 11.1. The Morgan fingerprint density at radius 1 is 1.41 bits per heavy atom. The van der Waals surface area contributed by atoms with E-state index in [-0.39, 0.29) is 10.3 Å². The molecule has 0 aliphatic heterocycles. The normalized spacial score (nSPS) is 10.6. The topological polar surface area (TPSA) is 47.8 Å². The van der Waals surface area contributed by atoms with Crippen molar-refractivity contribution < 1.29 is 4.79 Å². The van der Waals surface area contributed by atoms with Crippen LogP contribution >= 0.6 is 23.2 Å². The maximum absolute atomic E-state index is 11.1. The number of carbonyl (C=O) groups excluding carboxylic acids is 1. The van der Waals surface area contributed by atoms with Crippen molar-refractivity contribution >= 4 is 29.5 Å². The minimum atomic E-state index is 0.100. The lowest BCUT2D eigenvalue weighted by Gasteiger charge is -2.08. The Kier molecular flexibility index (Phi) is 3.17. The number of aldehydes is 1. The van der Waals surface area contributed by atoms with Gasteiger partial charge in [-0.05, 0) is 18.6 Å². The van der Waals surface area contributed by atoms with E-state index in [1.54, 1.807) is 24.0 Å². The number of carbonyl (C=O) groups is 1. The van der Waals surface area contributed by atoms with Crippen molar-refractivity contribution in [1.29, 1.82) is 0 Å². The molecule has 2 rings (SSSR count). The Bertz CT molecular complexity index is 573. The molecular formula is C11H9Cl2N3O. The monoisotopic (exact) mass is 269 g/mol. The van der Waals surface area contributed by atoms with Gasteiger partial charge in [0.1, 0.15) is 10.3 Å². The van der Waals surface area contributed by atoms with Crippen LogP contribution in [0, 0.1) is 6.92 Å². The molecule has 0 fully saturated rings. The van der Waals surface area contributed by atoms with Gasteiger partial charge in [0.05, 0.1) is 17.5 Å². The molecule has 0 N–H and O–H groups in total. The van der Waals surface area contributed by atoms with Gasteiger partial charge in [0.25, 0.3) is 0 Å². The van der Waals surface area contributed by atoms with Crippen molar-refractivity contribution in [2.75, 3.05) is 0 Å². The molecule has 0 aromatic carbocycles. The Morgan fingerprint density at radius 2 is 2.12 bits per heavy atom. The van der Waals surface area contributed by atoms with Crippen LogP contribution in [0.1, 0.15) is 15.9 Å². The largest absolute Gasteiger partial charge is 0.298 e. The number of halogens is 2. The highest BCUT2D eigenvalue weighted by molar-refractivity contribution is 6.34. The van der Waals surface area contributed by atoms with Gasteiger partial charge in [-0.25, -0.2) is 4.98 Å². The lowest BCUT2D eigenvalue weighted by atomic mass is 10.1. The Balaban J connectivity index is 2.79. The van der Waals surface area contributed by atoms with Crippen LogP contribution in [0.5, 0.6) is 0 Å². The molecule has 0 aliphatic carbocycles. The molecule has 88 valence electrons. The molecule has 0 unspecified atom stereocenters. The van der Waals surface area contributed by atoms with E-state index in [9.17, 15) is 4.79 Å². The molecule has 0 amide bonds. The SMILES string of the molecule is Cc1cnn(C)c1-c1cc(Cl)nc(Cl)c1C=O. The first kappa shape index (κ1) is 12.1. The van der Waals surface area contributed by atoms with Crippen molar-refractivity contribution in [3.8, 4) is 11.3 Å². The van der Waals surface area contributed by atoms with Crippen LogP contribution in [-0.4, -0.2) is 21.1 Å². The molecule has 0 atom stereocenters. The van der Waals surface area contributed by atoms with Crippen molar-refractivity contribution in [2.24, 2.45) is 7.05 Å². The number of rotatable bonds is 2. The summed E-state index contributed by atoms with van der Waals surface area (Å²) >= 11 is 11.8. The van der Waals surface area contributed by atoms with Crippen LogP contribution in [0.25, 0.3) is 11.3 Å². The Hall–Kier alpha value is -1.39. The second-order valence-corrected chi connectivity index (χ2v) is 4.36. The molecule has 2 aromatic rings. The van der Waals surface area contributed by atoms with Gasteiger partial charge in [-0.15, -0.1) is 0 Å². The second kappa shape index (κ2) is 4.47. The van der Waals surface area contributed by atoms with Gasteiger partial charge in [-0.3, -0.25) is 9.48 Å². The Morgan fingerprint density at radius 3 is 2.65 bits per heavy atom. The quantitative estimate of drug-likeness (QED) is 0.622. The zero-order chi connectivity index (χ0) is 12.6. The number of aryl methyl sites for hydroxylation is 2. The number of hydrogen-bond acceptors (Lipinski definition) is 3. The van der Waals surface area contributed by atoms with E-state index in [0.717, 1.165) is 11.3 Å². The smallest absolute Gasteiger partial charge is 0.153 e. The predicted octanol–water partition coefficient (Wildman–Crippen LogP) is 2.91. The predicted molar refractivity (Wildman–Crippen MR) is 66.6 cm³/mol.